The molecular formula is C12H18O2. The van der Waals surface area contributed by atoms with Crippen LogP contribution in [-0.2, 0) is 9.47 Å². The molecule has 0 bridgehead atoms. The molecule has 14 heavy (non-hydrogen) atoms. The topological polar surface area (TPSA) is 18.5 Å². The summed E-state index contributed by atoms with van der Waals surface area (Å²) in [5, 5.41) is 0. The molecule has 0 amide bonds. The maximum absolute atomic E-state index is 5.13. The quantitative estimate of drug-likeness (QED) is 0.412. The summed E-state index contributed by atoms with van der Waals surface area (Å²) in [6, 6.07) is 0. The molecule has 0 saturated carbocycles. The van der Waals surface area contributed by atoms with Crippen molar-refractivity contribution < 1.29 is 9.47 Å². The van der Waals surface area contributed by atoms with Crippen LogP contribution in [0.15, 0.2) is 0 Å². The van der Waals surface area contributed by atoms with Crippen LogP contribution in [0.3, 0.4) is 0 Å². The predicted octanol–water partition coefficient (Wildman–Crippen LogP) is 1.85. The van der Waals surface area contributed by atoms with Crippen LogP contribution >= 0.6 is 0 Å². The molecule has 0 aliphatic rings. The Balaban J connectivity index is 2.86. The van der Waals surface area contributed by atoms with Gasteiger partial charge in [-0.25, -0.2) is 0 Å². The van der Waals surface area contributed by atoms with E-state index in [0.29, 0.717) is 13.2 Å². The Bertz CT molecular complexity index is 163. The average molecular weight is 194 g/mol. The average Bonchev–Trinajstić information content (AvgIpc) is 2.21. The molecule has 0 atom stereocenters. The second-order valence-corrected chi connectivity index (χ2v) is 2.93. The number of hydrogen-bond donors (Lipinski definition) is 0. The van der Waals surface area contributed by atoms with Gasteiger partial charge in [0, 0.05) is 13.2 Å². The zero-order valence-electron chi connectivity index (χ0n) is 8.63. The molecule has 0 spiro atoms. The van der Waals surface area contributed by atoms with Gasteiger partial charge in [-0.2, -0.15) is 0 Å². The summed E-state index contributed by atoms with van der Waals surface area (Å²) < 4.78 is 10.3. The van der Waals surface area contributed by atoms with Crippen molar-refractivity contribution in [2.45, 2.75) is 25.7 Å². The monoisotopic (exact) mass is 194 g/mol. The molecule has 0 radical (unpaired) electrons. The van der Waals surface area contributed by atoms with Crippen molar-refractivity contribution in [2.24, 2.45) is 0 Å². The van der Waals surface area contributed by atoms with E-state index in [1.165, 1.54) is 0 Å². The third-order valence-electron chi connectivity index (χ3n) is 1.70. The van der Waals surface area contributed by atoms with Gasteiger partial charge >= 0.3 is 0 Å². The van der Waals surface area contributed by atoms with Crippen molar-refractivity contribution in [2.75, 3.05) is 26.4 Å². The summed E-state index contributed by atoms with van der Waals surface area (Å²) in [7, 11) is 0. The van der Waals surface area contributed by atoms with Crippen molar-refractivity contribution in [1.29, 1.82) is 0 Å². The molecule has 0 heterocycles. The zero-order chi connectivity index (χ0) is 10.5. The van der Waals surface area contributed by atoms with Gasteiger partial charge in [-0.3, -0.25) is 0 Å². The normalized spacial score (nSPS) is 9.29. The van der Waals surface area contributed by atoms with Gasteiger partial charge in [0.05, 0.1) is 0 Å². The molecule has 0 aliphatic carbocycles. The Hall–Kier alpha value is -0.960. The summed E-state index contributed by atoms with van der Waals surface area (Å²) in [6.45, 7) is 2.36. The molecule has 0 N–H and O–H groups in total. The van der Waals surface area contributed by atoms with Crippen LogP contribution in [0.1, 0.15) is 25.7 Å². The van der Waals surface area contributed by atoms with Crippen LogP contribution < -0.4 is 0 Å². The summed E-state index contributed by atoms with van der Waals surface area (Å²) in [6.07, 6.45) is 14.5. The van der Waals surface area contributed by atoms with Crippen molar-refractivity contribution in [3.63, 3.8) is 0 Å². The number of rotatable bonds is 9. The minimum Gasteiger partial charge on any atom is -0.369 e. The molecule has 78 valence electrons. The van der Waals surface area contributed by atoms with Gasteiger partial charge in [-0.1, -0.05) is 24.7 Å². The van der Waals surface area contributed by atoms with Crippen LogP contribution in [0.5, 0.6) is 0 Å². The fraction of sp³-hybridized carbons (Fsp3) is 0.667. The second kappa shape index (κ2) is 12.0. The van der Waals surface area contributed by atoms with Crippen molar-refractivity contribution in [1.82, 2.24) is 0 Å². The maximum atomic E-state index is 5.13. The third kappa shape index (κ3) is 11.0. The van der Waals surface area contributed by atoms with Gasteiger partial charge in [0.15, 0.2) is 0 Å². The molecule has 2 nitrogen and oxygen atoms in total. The first kappa shape index (κ1) is 13.0. The van der Waals surface area contributed by atoms with Crippen molar-refractivity contribution in [3.05, 3.63) is 0 Å². The van der Waals surface area contributed by atoms with E-state index in [-0.39, 0.29) is 0 Å². The van der Waals surface area contributed by atoms with E-state index in [2.05, 4.69) is 11.8 Å². The van der Waals surface area contributed by atoms with E-state index < -0.39 is 0 Å². The Labute approximate surface area is 87.0 Å². The first-order valence-electron chi connectivity index (χ1n) is 4.94. The molecule has 2 heteroatoms. The Morgan fingerprint density at radius 2 is 1.14 bits per heavy atom. The van der Waals surface area contributed by atoms with Gasteiger partial charge in [0.1, 0.15) is 13.2 Å². The van der Waals surface area contributed by atoms with E-state index in [1.807, 2.05) is 0 Å². The lowest BCUT2D eigenvalue weighted by molar-refractivity contribution is 0.151. The molecule has 0 fully saturated rings. The molecule has 0 aromatic carbocycles. The van der Waals surface area contributed by atoms with Crippen LogP contribution in [0, 0.1) is 24.7 Å². The molecule has 0 aromatic heterocycles. The second-order valence-electron chi connectivity index (χ2n) is 2.93. The first-order chi connectivity index (χ1) is 6.91. The molecule has 0 unspecified atom stereocenters. The van der Waals surface area contributed by atoms with E-state index in [4.69, 9.17) is 22.3 Å². The predicted molar refractivity (Wildman–Crippen MR) is 57.8 cm³/mol. The van der Waals surface area contributed by atoms with Crippen LogP contribution in [-0.4, -0.2) is 26.4 Å². The van der Waals surface area contributed by atoms with Gasteiger partial charge in [0.2, 0.25) is 0 Å². The van der Waals surface area contributed by atoms with E-state index in [9.17, 15) is 0 Å². The van der Waals surface area contributed by atoms with E-state index >= 15 is 0 Å². The van der Waals surface area contributed by atoms with Gasteiger partial charge < -0.3 is 9.47 Å². The van der Waals surface area contributed by atoms with Crippen molar-refractivity contribution in [3.8, 4) is 24.7 Å². The standard InChI is InChI=1S/C12H18O2/c1-3-9-13-11-7-5-6-8-12-14-10-4-2/h1-2H,5-12H2. The molecular weight excluding hydrogens is 176 g/mol. The summed E-state index contributed by atoms with van der Waals surface area (Å²) in [4.78, 5) is 0. The molecule has 0 aliphatic heterocycles. The number of terminal acetylenes is 2. The largest absolute Gasteiger partial charge is 0.369 e. The van der Waals surface area contributed by atoms with Crippen LogP contribution in [0.2, 0.25) is 0 Å². The lowest BCUT2D eigenvalue weighted by Crippen LogP contribution is -1.97. The smallest absolute Gasteiger partial charge is 0.107 e. The summed E-state index contributed by atoms with van der Waals surface area (Å²) in [5.41, 5.74) is 0. The molecule has 0 saturated heterocycles. The third-order valence-corrected chi connectivity index (χ3v) is 1.70. The molecule has 0 aromatic rings. The Kier molecular flexibility index (Phi) is 11.2. The highest BCUT2D eigenvalue weighted by molar-refractivity contribution is 4.83. The minimum absolute atomic E-state index is 0.422. The van der Waals surface area contributed by atoms with Crippen molar-refractivity contribution >= 4 is 0 Å². The maximum Gasteiger partial charge on any atom is 0.107 e. The van der Waals surface area contributed by atoms with Crippen LogP contribution in [0.4, 0.5) is 0 Å². The Morgan fingerprint density at radius 3 is 1.50 bits per heavy atom. The lowest BCUT2D eigenvalue weighted by atomic mass is 10.2. The lowest BCUT2D eigenvalue weighted by Gasteiger charge is -2.01. The highest BCUT2D eigenvalue weighted by Gasteiger charge is 1.90. The molecule has 0 rings (SSSR count). The SMILES string of the molecule is C#CCOCCCCCCOCC#C. The van der Waals surface area contributed by atoms with Gasteiger partial charge in [0.25, 0.3) is 0 Å². The fourth-order valence-corrected chi connectivity index (χ4v) is 1.02. The fourth-order valence-electron chi connectivity index (χ4n) is 1.02. The van der Waals surface area contributed by atoms with Gasteiger partial charge in [-0.15, -0.1) is 12.8 Å². The highest BCUT2D eigenvalue weighted by Crippen LogP contribution is 2.00. The Morgan fingerprint density at radius 1 is 0.714 bits per heavy atom. The zero-order valence-corrected chi connectivity index (χ0v) is 8.63. The first-order valence-corrected chi connectivity index (χ1v) is 4.94. The summed E-state index contributed by atoms with van der Waals surface area (Å²) >= 11 is 0. The number of ether oxygens (including phenoxy) is 2. The number of unbranched alkanes of at least 4 members (excludes halogenated alkanes) is 3. The highest BCUT2D eigenvalue weighted by atomic mass is 16.5. The van der Waals surface area contributed by atoms with E-state index in [0.717, 1.165) is 38.9 Å². The minimum atomic E-state index is 0.422. The van der Waals surface area contributed by atoms with Crippen LogP contribution in [0.25, 0.3) is 0 Å². The van der Waals surface area contributed by atoms with E-state index in [1.54, 1.807) is 0 Å². The summed E-state index contributed by atoms with van der Waals surface area (Å²) in [5.74, 6) is 4.86. The number of hydrogen-bond acceptors (Lipinski definition) is 2. The van der Waals surface area contributed by atoms with Gasteiger partial charge in [-0.05, 0) is 12.8 Å².